The fourth-order valence-electron chi connectivity index (χ4n) is 16.0. The Morgan fingerprint density at radius 1 is 0.238 bits per heavy atom. The highest BCUT2D eigenvalue weighted by atomic mass is 16.7. The molecule has 6 saturated heterocycles. The topological polar surface area (TPSA) is 507 Å². The molecule has 12 amide bonds. The van der Waals surface area contributed by atoms with E-state index in [0.29, 0.717) is 199 Å². The summed E-state index contributed by atoms with van der Waals surface area (Å²) in [5.41, 5.74) is 6.74. The molecular weight excluding hydrogens is 1590 g/mol. The second-order valence-electron chi connectivity index (χ2n) is 29.6. The molecule has 14 aromatic rings. The molecule has 6 fully saturated rings. The van der Waals surface area contributed by atoms with Crippen LogP contribution >= 0.6 is 0 Å². The number of carbonyl (C=O) groups is 12. The monoisotopic (exact) mass is 1660 g/mol. The van der Waals surface area contributed by atoms with E-state index in [2.05, 4.69) is 62.8 Å². The standard InChI is InChI=1S/2C16H12N2O3.4C13H10N2O5/c2*19-14-6-5-11(16(20)17-14)15-12-7-9-3-1-2-4-10(9)8-13(12)21-18-15;2*16-9-4-1-6(13(17)14-9)11-10-7(20-15-11)2-3-8-12(10)19-5-18-8;2*16-11-2-1-6(13(17)14-11)12-7-3-9-10(19-5-18-9)4-8(7)20-15-12/h2*1-4,7-8,11H,5-6H2,(H,17,19,20);2*2-3,6H,1,4-5H2,(H,14,16,17);2*3-4,6H,1-2,5H2,(H,14,16,17)/t2*11-;4*6-/m101010/s1. The van der Waals surface area contributed by atoms with Crippen molar-refractivity contribution in [2.24, 2.45) is 0 Å². The zero-order valence-electron chi connectivity index (χ0n) is 63.6. The number of imide groups is 6. The van der Waals surface area contributed by atoms with Gasteiger partial charge in [-0.15, -0.1) is 0 Å². The van der Waals surface area contributed by atoms with Crippen LogP contribution < -0.4 is 69.8 Å². The first-order valence-electron chi connectivity index (χ1n) is 38.7. The van der Waals surface area contributed by atoms with E-state index in [4.69, 9.17) is 65.0 Å². The molecule has 122 heavy (non-hydrogen) atoms. The summed E-state index contributed by atoms with van der Waals surface area (Å²) in [4.78, 5) is 139. The molecule has 0 spiro atoms. The van der Waals surface area contributed by atoms with Crippen molar-refractivity contribution < 1.29 is 123 Å². The first-order chi connectivity index (χ1) is 59.4. The van der Waals surface area contributed by atoms with Gasteiger partial charge in [-0.05, 0) is 121 Å². The van der Waals surface area contributed by atoms with Gasteiger partial charge in [-0.1, -0.05) is 79.5 Å². The van der Waals surface area contributed by atoms with E-state index in [1.165, 1.54) is 0 Å². The van der Waals surface area contributed by atoms with E-state index >= 15 is 0 Å². The minimum atomic E-state index is -0.510. The molecule has 38 nitrogen and oxygen atoms in total. The lowest BCUT2D eigenvalue weighted by molar-refractivity contribution is -0.136. The van der Waals surface area contributed by atoms with Crippen LogP contribution in [0.4, 0.5) is 0 Å². The second kappa shape index (κ2) is 31.7. The lowest BCUT2D eigenvalue weighted by Gasteiger charge is -2.18. The van der Waals surface area contributed by atoms with Gasteiger partial charge in [-0.3, -0.25) is 89.4 Å². The first-order valence-corrected chi connectivity index (χ1v) is 38.7. The summed E-state index contributed by atoms with van der Waals surface area (Å²) < 4.78 is 74.4. The van der Waals surface area contributed by atoms with Crippen LogP contribution in [0.5, 0.6) is 46.0 Å². The fourth-order valence-corrected chi connectivity index (χ4v) is 16.0. The maximum absolute atomic E-state index is 12.0. The Morgan fingerprint density at radius 3 is 0.779 bits per heavy atom. The van der Waals surface area contributed by atoms with Crippen LogP contribution in [0, 0.1) is 0 Å². The fraction of sp³-hybridized carbons (Fsp3) is 0.262. The summed E-state index contributed by atoms with van der Waals surface area (Å²) in [5.74, 6) is -1.57. The summed E-state index contributed by atoms with van der Waals surface area (Å²) in [5, 5.41) is 46.7. The van der Waals surface area contributed by atoms with Crippen molar-refractivity contribution in [3.05, 3.63) is 155 Å². The number of hydrogen-bond donors (Lipinski definition) is 6. The number of piperidine rings is 6. The van der Waals surface area contributed by atoms with Gasteiger partial charge in [0.1, 0.15) is 34.2 Å². The highest BCUT2D eigenvalue weighted by Gasteiger charge is 2.40. The molecule has 0 unspecified atom stereocenters. The highest BCUT2D eigenvalue weighted by molar-refractivity contribution is 6.09. The Morgan fingerprint density at radius 2 is 0.475 bits per heavy atom. The van der Waals surface area contributed by atoms with Crippen molar-refractivity contribution in [1.82, 2.24) is 62.8 Å². The lowest BCUT2D eigenvalue weighted by Crippen LogP contribution is -2.39. The smallest absolute Gasteiger partial charge is 0.235 e. The van der Waals surface area contributed by atoms with Gasteiger partial charge in [0.25, 0.3) is 0 Å². The Hall–Kier alpha value is -15.7. The Kier molecular flexibility index (Phi) is 19.8. The number of ether oxygens (including phenoxy) is 8. The van der Waals surface area contributed by atoms with Crippen molar-refractivity contribution in [3.63, 3.8) is 0 Å². The summed E-state index contributed by atoms with van der Waals surface area (Å²) in [6, 6.07) is 37.5. The number of amides is 12. The minimum absolute atomic E-state index is 0.133. The van der Waals surface area contributed by atoms with Gasteiger partial charge in [-0.2, -0.15) is 0 Å². The Balaban J connectivity index is 0.0000000964. The molecule has 6 atom stereocenters. The quantitative estimate of drug-likeness (QED) is 0.0844. The summed E-state index contributed by atoms with van der Waals surface area (Å²) in [6.07, 6.45) is 4.48. The van der Waals surface area contributed by atoms with E-state index in [1.54, 1.807) is 48.5 Å². The van der Waals surface area contributed by atoms with Crippen molar-refractivity contribution in [2.75, 3.05) is 27.2 Å². The van der Waals surface area contributed by atoms with E-state index < -0.39 is 35.5 Å². The second-order valence-corrected chi connectivity index (χ2v) is 29.6. The van der Waals surface area contributed by atoms with Crippen LogP contribution in [0.2, 0.25) is 0 Å². The minimum Gasteiger partial charge on any atom is -0.454 e. The molecule has 0 radical (unpaired) electrons. The third-order valence-corrected chi connectivity index (χ3v) is 22.1. The van der Waals surface area contributed by atoms with Crippen LogP contribution in [0.25, 0.3) is 87.4 Å². The Bertz CT molecular complexity index is 6370. The molecule has 16 heterocycles. The van der Waals surface area contributed by atoms with Crippen LogP contribution in [0.15, 0.2) is 148 Å². The number of hydrogen-bond acceptors (Lipinski definition) is 32. The first kappa shape index (κ1) is 76.3. The van der Waals surface area contributed by atoms with Crippen LogP contribution in [0.3, 0.4) is 0 Å². The molecule has 6 N–H and O–H groups in total. The number of aromatic nitrogens is 6. The zero-order chi connectivity index (χ0) is 83.6. The van der Waals surface area contributed by atoms with E-state index in [9.17, 15) is 57.5 Å². The van der Waals surface area contributed by atoms with Gasteiger partial charge in [0, 0.05) is 72.2 Å². The molecule has 0 bridgehead atoms. The highest BCUT2D eigenvalue weighted by Crippen LogP contribution is 2.48. The largest absolute Gasteiger partial charge is 0.454 e. The molecule has 0 aliphatic carbocycles. The molecule has 0 saturated carbocycles. The molecule has 6 aromatic heterocycles. The predicted molar refractivity (Wildman–Crippen MR) is 414 cm³/mol. The molecule has 616 valence electrons. The maximum atomic E-state index is 12.0. The molecular formula is C84H64N12O26. The van der Waals surface area contributed by atoms with E-state index in [1.807, 2.05) is 72.8 Å². The zero-order valence-corrected chi connectivity index (χ0v) is 63.6. The predicted octanol–water partition coefficient (Wildman–Crippen LogP) is 9.31. The van der Waals surface area contributed by atoms with Gasteiger partial charge < -0.3 is 65.0 Å². The SMILES string of the molecule is O=C1CC[C@@H](c2noc3cc4c(cc23)OCO4)C(=O)N1.O=C1CC[C@@H](c2noc3cc4ccccc4cc23)C(=O)N1.O=C1CC[C@@H](c2noc3ccc4c(c23)OCO4)C(=O)N1.O=C1CC[C@H](c2noc3cc4c(cc23)OCO4)C(=O)N1.O=C1CC[C@H](c2noc3cc4ccccc4cc23)C(=O)N1.O=C1CC[C@H](c2noc3ccc4c(c23)OCO4)C(=O)N1. The average molecular weight is 1660 g/mol. The Labute approximate surface area is 681 Å². The summed E-state index contributed by atoms with van der Waals surface area (Å²) >= 11 is 0. The van der Waals surface area contributed by atoms with Gasteiger partial charge >= 0.3 is 0 Å². The van der Waals surface area contributed by atoms with Gasteiger partial charge in [-0.25, -0.2) is 0 Å². The van der Waals surface area contributed by atoms with Crippen molar-refractivity contribution in [3.8, 4) is 46.0 Å². The average Bonchev–Trinajstić information content (AvgIpc) is 1.61. The van der Waals surface area contributed by atoms with Crippen LogP contribution in [-0.2, 0) is 57.5 Å². The molecule has 10 aliphatic heterocycles. The van der Waals surface area contributed by atoms with Crippen molar-refractivity contribution in [2.45, 2.75) is 113 Å². The summed E-state index contributed by atoms with van der Waals surface area (Å²) in [6.45, 7) is 0.606. The number of nitrogens with one attached hydrogen (secondary N) is 6. The van der Waals surface area contributed by atoms with Crippen LogP contribution in [0.1, 0.15) is 147 Å². The van der Waals surface area contributed by atoms with Gasteiger partial charge in [0.05, 0.1) is 46.3 Å². The number of fused-ring (bicyclic) bond motifs is 14. The normalized spacial score (nSPS) is 20.6. The molecule has 24 rings (SSSR count). The maximum Gasteiger partial charge on any atom is 0.235 e. The van der Waals surface area contributed by atoms with Crippen molar-refractivity contribution in [1.29, 1.82) is 0 Å². The number of nitrogens with zero attached hydrogens (tertiary/aromatic N) is 6. The third-order valence-electron chi connectivity index (χ3n) is 22.1. The number of benzene rings is 8. The van der Waals surface area contributed by atoms with E-state index in [-0.39, 0.29) is 111 Å². The lowest BCUT2D eigenvalue weighted by atomic mass is 9.92. The number of rotatable bonds is 6. The molecule has 8 aromatic carbocycles. The molecule has 10 aliphatic rings. The van der Waals surface area contributed by atoms with Gasteiger partial charge in [0.2, 0.25) is 98.1 Å². The molecule has 38 heteroatoms. The number of carbonyl (C=O) groups excluding carboxylic acids is 12. The summed E-state index contributed by atoms with van der Waals surface area (Å²) in [7, 11) is 0. The third kappa shape index (κ3) is 14.6. The van der Waals surface area contributed by atoms with Gasteiger partial charge in [0.15, 0.2) is 79.5 Å². The van der Waals surface area contributed by atoms with Crippen LogP contribution in [-0.4, -0.2) is 129 Å². The van der Waals surface area contributed by atoms with E-state index in [0.717, 1.165) is 32.3 Å². The van der Waals surface area contributed by atoms with Crippen molar-refractivity contribution >= 4 is 158 Å².